The van der Waals surface area contributed by atoms with E-state index in [2.05, 4.69) is 22.4 Å². The van der Waals surface area contributed by atoms with Gasteiger partial charge in [-0.1, -0.05) is 30.3 Å². The average Bonchev–Trinajstić information content (AvgIpc) is 3.40. The van der Waals surface area contributed by atoms with Gasteiger partial charge in [-0.05, 0) is 81.8 Å². The largest absolute Gasteiger partial charge is 0.485 e. The van der Waals surface area contributed by atoms with Crippen LogP contribution >= 0.6 is 0 Å². The van der Waals surface area contributed by atoms with Gasteiger partial charge in [-0.25, -0.2) is 9.78 Å². The lowest BCUT2D eigenvalue weighted by Gasteiger charge is -2.28. The van der Waals surface area contributed by atoms with Crippen LogP contribution in [-0.2, 0) is 16.0 Å². The van der Waals surface area contributed by atoms with E-state index < -0.39 is 17.7 Å². The Morgan fingerprint density at radius 2 is 1.87 bits per heavy atom. The van der Waals surface area contributed by atoms with Crippen molar-refractivity contribution in [3.8, 4) is 17.4 Å². The number of nitrogens with zero attached hydrogens (tertiary/aromatic N) is 2. The molecule has 0 bridgehead atoms. The molecule has 0 saturated carbocycles. The predicted octanol–water partition coefficient (Wildman–Crippen LogP) is 6.28. The molecule has 1 unspecified atom stereocenters. The van der Waals surface area contributed by atoms with Crippen molar-refractivity contribution in [1.29, 1.82) is 0 Å². The van der Waals surface area contributed by atoms with E-state index in [1.54, 1.807) is 18.3 Å². The first-order chi connectivity index (χ1) is 18.2. The fourth-order valence-corrected chi connectivity index (χ4v) is 4.77. The number of fused-ring (bicyclic) bond motifs is 1. The number of ether oxygens (including phenoxy) is 3. The molecular weight excluding hydrogens is 482 g/mol. The molecule has 2 aliphatic rings. The second-order valence-electron chi connectivity index (χ2n) is 10.6. The molecule has 3 heterocycles. The van der Waals surface area contributed by atoms with Crippen molar-refractivity contribution in [1.82, 2.24) is 9.88 Å². The van der Waals surface area contributed by atoms with Crippen LogP contribution in [-0.4, -0.2) is 40.1 Å². The van der Waals surface area contributed by atoms with Crippen molar-refractivity contribution in [3.63, 3.8) is 0 Å². The van der Waals surface area contributed by atoms with Crippen LogP contribution in [0.5, 0.6) is 17.4 Å². The van der Waals surface area contributed by atoms with Gasteiger partial charge in [0.05, 0.1) is 11.9 Å². The topological polar surface area (TPSA) is 90.0 Å². The number of carbonyl (C=O) groups excluding carboxylic acids is 2. The summed E-state index contributed by atoms with van der Waals surface area (Å²) in [7, 11) is 0. The quantitative estimate of drug-likeness (QED) is 0.430. The van der Waals surface area contributed by atoms with E-state index in [0.717, 1.165) is 30.6 Å². The van der Waals surface area contributed by atoms with Crippen LogP contribution < -0.4 is 14.8 Å². The van der Waals surface area contributed by atoms with E-state index in [9.17, 15) is 9.59 Å². The van der Waals surface area contributed by atoms with E-state index in [4.69, 9.17) is 14.2 Å². The minimum atomic E-state index is -0.615. The van der Waals surface area contributed by atoms with Crippen LogP contribution in [0.3, 0.4) is 0 Å². The Kier molecular flexibility index (Phi) is 7.22. The molecule has 2 atom stereocenters. The summed E-state index contributed by atoms with van der Waals surface area (Å²) < 4.78 is 17.6. The van der Waals surface area contributed by atoms with Crippen LogP contribution in [0.4, 0.5) is 10.5 Å². The van der Waals surface area contributed by atoms with Gasteiger partial charge in [0.15, 0.2) is 0 Å². The van der Waals surface area contributed by atoms with Crippen molar-refractivity contribution in [2.75, 3.05) is 11.9 Å². The molecule has 38 heavy (non-hydrogen) atoms. The summed E-state index contributed by atoms with van der Waals surface area (Å²) in [5.74, 6) is 1.70. The zero-order valence-corrected chi connectivity index (χ0v) is 22.0. The zero-order valence-electron chi connectivity index (χ0n) is 22.0. The Bertz CT molecular complexity index is 1290. The zero-order chi connectivity index (χ0) is 26.7. The first-order valence-corrected chi connectivity index (χ1v) is 13.0. The fourth-order valence-electron chi connectivity index (χ4n) is 4.77. The molecule has 0 aliphatic carbocycles. The molecule has 0 spiro atoms. The molecule has 1 aromatic heterocycles. The van der Waals surface area contributed by atoms with E-state index in [1.807, 2.05) is 57.2 Å². The number of nitrogens with one attached hydrogen (secondary N) is 1. The van der Waals surface area contributed by atoms with Crippen LogP contribution in [0.2, 0.25) is 0 Å². The number of hydrogen-bond acceptors (Lipinski definition) is 6. The summed E-state index contributed by atoms with van der Waals surface area (Å²) in [6, 6.07) is 18.9. The number of amides is 2. The molecule has 8 heteroatoms. The summed E-state index contributed by atoms with van der Waals surface area (Å²) >= 11 is 0. The van der Waals surface area contributed by atoms with Crippen molar-refractivity contribution in [3.05, 3.63) is 78.0 Å². The SMILES string of the molecule is CC(C)(C)OC(=O)N1CCC[C@@H]1C(=O)Nc1ccc(Oc2ccc3c(c2)CCC(c2ccccc2)O3)nc1. The predicted molar refractivity (Wildman–Crippen MR) is 143 cm³/mol. The standard InChI is InChI=1S/C30H33N3O5/c1-30(2,3)38-29(35)33-17-7-10-24(33)28(34)32-22-12-16-27(31-19-22)36-23-13-15-26-21(18-23)11-14-25(37-26)20-8-5-4-6-9-20/h4-6,8-9,12-13,15-16,18-19,24-25H,7,10-11,14,17H2,1-3H3,(H,32,34)/t24-,25?/m1/s1. The smallest absolute Gasteiger partial charge is 0.410 e. The normalized spacial score (nSPS) is 18.8. The summed E-state index contributed by atoms with van der Waals surface area (Å²) in [6.45, 7) is 5.93. The highest BCUT2D eigenvalue weighted by atomic mass is 16.6. The van der Waals surface area contributed by atoms with Gasteiger partial charge in [0.1, 0.15) is 29.2 Å². The lowest BCUT2D eigenvalue weighted by Crippen LogP contribution is -2.45. The van der Waals surface area contributed by atoms with Crippen molar-refractivity contribution in [2.45, 2.75) is 64.2 Å². The number of pyridine rings is 1. The number of rotatable bonds is 5. The molecule has 2 aromatic carbocycles. The van der Waals surface area contributed by atoms with Gasteiger partial charge in [-0.2, -0.15) is 0 Å². The first-order valence-electron chi connectivity index (χ1n) is 13.0. The van der Waals surface area contributed by atoms with Gasteiger partial charge in [-0.15, -0.1) is 0 Å². The molecule has 1 fully saturated rings. The maximum Gasteiger partial charge on any atom is 0.410 e. The van der Waals surface area contributed by atoms with Crippen molar-refractivity contribution >= 4 is 17.7 Å². The summed E-state index contributed by atoms with van der Waals surface area (Å²) in [5, 5.41) is 2.86. The number of benzene rings is 2. The van der Waals surface area contributed by atoms with Gasteiger partial charge < -0.3 is 19.5 Å². The van der Waals surface area contributed by atoms with E-state index in [1.165, 1.54) is 10.5 Å². The number of hydrogen-bond donors (Lipinski definition) is 1. The third kappa shape index (κ3) is 6.07. The van der Waals surface area contributed by atoms with Crippen LogP contribution in [0, 0.1) is 0 Å². The number of aryl methyl sites for hydroxylation is 1. The van der Waals surface area contributed by atoms with Gasteiger partial charge in [0.25, 0.3) is 0 Å². The Morgan fingerprint density at radius 1 is 1.05 bits per heavy atom. The van der Waals surface area contributed by atoms with E-state index in [0.29, 0.717) is 30.3 Å². The lowest BCUT2D eigenvalue weighted by atomic mass is 9.97. The molecule has 2 aliphatic heterocycles. The molecule has 198 valence electrons. The van der Waals surface area contributed by atoms with Crippen molar-refractivity contribution < 1.29 is 23.8 Å². The molecule has 0 radical (unpaired) electrons. The maximum absolute atomic E-state index is 12.9. The number of carbonyl (C=O) groups is 2. The van der Waals surface area contributed by atoms with E-state index in [-0.39, 0.29) is 12.0 Å². The Morgan fingerprint density at radius 3 is 2.61 bits per heavy atom. The molecule has 2 amide bonds. The highest BCUT2D eigenvalue weighted by molar-refractivity contribution is 5.96. The summed E-state index contributed by atoms with van der Waals surface area (Å²) in [6.07, 6.45) is 4.27. The Labute approximate surface area is 222 Å². The first kappa shape index (κ1) is 25.6. The third-order valence-electron chi connectivity index (χ3n) is 6.56. The van der Waals surface area contributed by atoms with E-state index >= 15 is 0 Å². The van der Waals surface area contributed by atoms with Gasteiger partial charge in [-0.3, -0.25) is 9.69 Å². The van der Waals surface area contributed by atoms with Crippen LogP contribution in [0.25, 0.3) is 0 Å². The fraction of sp³-hybridized carbons (Fsp3) is 0.367. The highest BCUT2D eigenvalue weighted by Crippen LogP contribution is 2.37. The number of aromatic nitrogens is 1. The molecule has 1 N–H and O–H groups in total. The molecular formula is C30H33N3O5. The third-order valence-corrected chi connectivity index (χ3v) is 6.56. The Balaban J connectivity index is 1.18. The Hall–Kier alpha value is -4.07. The van der Waals surface area contributed by atoms with Crippen molar-refractivity contribution in [2.24, 2.45) is 0 Å². The lowest BCUT2D eigenvalue weighted by molar-refractivity contribution is -0.120. The van der Waals surface area contributed by atoms with Crippen LogP contribution in [0.1, 0.15) is 57.3 Å². The summed E-state index contributed by atoms with van der Waals surface area (Å²) in [4.78, 5) is 31.2. The van der Waals surface area contributed by atoms with Gasteiger partial charge >= 0.3 is 6.09 Å². The monoisotopic (exact) mass is 515 g/mol. The maximum atomic E-state index is 12.9. The van der Waals surface area contributed by atoms with Gasteiger partial charge in [0.2, 0.25) is 11.8 Å². The number of anilines is 1. The molecule has 8 nitrogen and oxygen atoms in total. The molecule has 3 aromatic rings. The number of likely N-dealkylation sites (tertiary alicyclic amines) is 1. The second kappa shape index (κ2) is 10.7. The minimum Gasteiger partial charge on any atom is -0.485 e. The molecule has 5 rings (SSSR count). The molecule has 1 saturated heterocycles. The van der Waals surface area contributed by atoms with Gasteiger partial charge in [0, 0.05) is 12.6 Å². The van der Waals surface area contributed by atoms with Crippen LogP contribution in [0.15, 0.2) is 66.9 Å². The summed E-state index contributed by atoms with van der Waals surface area (Å²) in [5.41, 5.74) is 2.20. The second-order valence-corrected chi connectivity index (χ2v) is 10.6. The highest BCUT2D eigenvalue weighted by Gasteiger charge is 2.36. The average molecular weight is 516 g/mol. The minimum absolute atomic E-state index is 0.0559.